The van der Waals surface area contributed by atoms with Crippen molar-refractivity contribution in [1.29, 1.82) is 0 Å². The molecule has 7 nitrogen and oxygen atoms in total. The van der Waals surface area contributed by atoms with Crippen molar-refractivity contribution in [3.05, 3.63) is 71.5 Å². The number of hydrogen-bond acceptors (Lipinski definition) is 5. The quantitative estimate of drug-likeness (QED) is 0.758. The minimum absolute atomic E-state index is 0.0715. The van der Waals surface area contributed by atoms with E-state index in [0.29, 0.717) is 25.3 Å². The lowest BCUT2D eigenvalue weighted by Gasteiger charge is -2.25. The third-order valence-electron chi connectivity index (χ3n) is 4.46. The summed E-state index contributed by atoms with van der Waals surface area (Å²) in [6.45, 7) is 1.80. The van der Waals surface area contributed by atoms with Crippen molar-refractivity contribution >= 4 is 5.91 Å². The van der Waals surface area contributed by atoms with Gasteiger partial charge in [-0.25, -0.2) is 4.68 Å². The number of nitrogens with zero attached hydrogens (tertiary/aromatic N) is 4. The molecule has 0 bridgehead atoms. The first-order valence-electron chi connectivity index (χ1n) is 8.56. The predicted molar refractivity (Wildman–Crippen MR) is 94.8 cm³/mol. The lowest BCUT2D eigenvalue weighted by Crippen LogP contribution is -2.34. The van der Waals surface area contributed by atoms with Crippen molar-refractivity contribution in [3.8, 4) is 5.75 Å². The molecule has 132 valence electrons. The Labute approximate surface area is 151 Å². The topological polar surface area (TPSA) is 81.9 Å². The summed E-state index contributed by atoms with van der Waals surface area (Å²) >= 11 is 0. The monoisotopic (exact) mass is 349 g/mol. The molecule has 3 aromatic rings. The highest BCUT2D eigenvalue weighted by Gasteiger charge is 2.20. The first kappa shape index (κ1) is 16.3. The summed E-state index contributed by atoms with van der Waals surface area (Å²) < 4.78 is 7.40. The van der Waals surface area contributed by atoms with Crippen LogP contribution in [0.2, 0.25) is 0 Å². The molecule has 2 aromatic carbocycles. The molecule has 4 rings (SSSR count). The number of benzene rings is 2. The molecule has 1 N–H and O–H groups in total. The van der Waals surface area contributed by atoms with E-state index in [2.05, 4.69) is 26.9 Å². The van der Waals surface area contributed by atoms with E-state index in [1.165, 1.54) is 5.56 Å². The van der Waals surface area contributed by atoms with Gasteiger partial charge in [-0.05, 0) is 46.2 Å². The number of fused-ring (bicyclic) bond motifs is 1. The molecule has 26 heavy (non-hydrogen) atoms. The summed E-state index contributed by atoms with van der Waals surface area (Å²) in [7, 11) is 0. The second-order valence-corrected chi connectivity index (χ2v) is 6.40. The molecule has 0 radical (unpaired) electrons. The highest BCUT2D eigenvalue weighted by atomic mass is 16.5. The Hall–Kier alpha value is -3.22. The second-order valence-electron chi connectivity index (χ2n) is 6.40. The van der Waals surface area contributed by atoms with E-state index in [-0.39, 0.29) is 11.8 Å². The average molecular weight is 349 g/mol. The van der Waals surface area contributed by atoms with Crippen molar-refractivity contribution in [2.45, 2.75) is 13.0 Å². The van der Waals surface area contributed by atoms with Gasteiger partial charge in [0.25, 0.3) is 5.91 Å². The number of carbonyl (C=O) groups is 1. The smallest absolute Gasteiger partial charge is 0.251 e. The molecule has 0 saturated heterocycles. The Bertz CT molecular complexity index is 877. The fraction of sp³-hybridized carbons (Fsp3) is 0.263. The molecule has 7 heteroatoms. The molecule has 0 unspecified atom stereocenters. The van der Waals surface area contributed by atoms with Crippen molar-refractivity contribution in [2.75, 3.05) is 13.2 Å². The lowest BCUT2D eigenvalue weighted by molar-refractivity contribution is 0.0939. The molecule has 0 fully saturated rings. The number of tetrazole rings is 1. The van der Waals surface area contributed by atoms with Crippen molar-refractivity contribution in [1.82, 2.24) is 25.5 Å². The van der Waals surface area contributed by atoms with E-state index >= 15 is 0 Å². The van der Waals surface area contributed by atoms with Crippen LogP contribution in [0.15, 0.2) is 54.9 Å². The van der Waals surface area contributed by atoms with Gasteiger partial charge in [0.15, 0.2) is 0 Å². The third kappa shape index (κ3) is 3.72. The van der Waals surface area contributed by atoms with Crippen molar-refractivity contribution in [3.63, 3.8) is 0 Å². The largest absolute Gasteiger partial charge is 0.493 e. The number of nitrogens with one attached hydrogen (secondary N) is 1. The zero-order valence-corrected chi connectivity index (χ0v) is 14.2. The molecule has 0 aliphatic carbocycles. The average Bonchev–Trinajstić information content (AvgIpc) is 3.19. The summed E-state index contributed by atoms with van der Waals surface area (Å²) in [5.41, 5.74) is 2.87. The number of rotatable bonds is 5. The van der Waals surface area contributed by atoms with Gasteiger partial charge in [-0.2, -0.15) is 0 Å². The van der Waals surface area contributed by atoms with Gasteiger partial charge in [0, 0.05) is 18.0 Å². The number of hydrogen-bond donors (Lipinski definition) is 1. The van der Waals surface area contributed by atoms with Gasteiger partial charge < -0.3 is 10.1 Å². The molecular weight excluding hydrogens is 330 g/mol. The van der Waals surface area contributed by atoms with Crippen LogP contribution in [0, 0.1) is 5.92 Å². The molecule has 1 amide bonds. The molecule has 2 heterocycles. The fourth-order valence-corrected chi connectivity index (χ4v) is 3.06. The molecule has 0 saturated carbocycles. The second kappa shape index (κ2) is 7.35. The van der Waals surface area contributed by atoms with Crippen LogP contribution in [0.5, 0.6) is 5.75 Å². The summed E-state index contributed by atoms with van der Waals surface area (Å²) in [6.07, 6.45) is 2.48. The van der Waals surface area contributed by atoms with Crippen LogP contribution in [0.1, 0.15) is 21.5 Å². The Morgan fingerprint density at radius 2 is 2.04 bits per heavy atom. The highest BCUT2D eigenvalue weighted by Crippen LogP contribution is 2.26. The van der Waals surface area contributed by atoms with Gasteiger partial charge in [0.1, 0.15) is 12.1 Å². The Balaban J connectivity index is 1.31. The summed E-state index contributed by atoms with van der Waals surface area (Å²) in [4.78, 5) is 12.4. The molecule has 1 aromatic heterocycles. The minimum atomic E-state index is -0.0715. The molecule has 1 aliphatic rings. The van der Waals surface area contributed by atoms with Crippen LogP contribution in [0.4, 0.5) is 0 Å². The SMILES string of the molecule is O=C(NC[C@H]1COc2ccccc2C1)c1ccc(Cn2cnnn2)cc1. The summed E-state index contributed by atoms with van der Waals surface area (Å²) in [5, 5.41) is 14.0. The van der Waals surface area contributed by atoms with Crippen molar-refractivity contribution in [2.24, 2.45) is 5.92 Å². The first-order chi connectivity index (χ1) is 12.8. The maximum atomic E-state index is 12.4. The number of para-hydroxylation sites is 1. The molecule has 1 aliphatic heterocycles. The van der Waals surface area contributed by atoms with E-state index in [1.807, 2.05) is 42.5 Å². The normalized spacial score (nSPS) is 15.8. The van der Waals surface area contributed by atoms with Crippen LogP contribution in [0.25, 0.3) is 0 Å². The van der Waals surface area contributed by atoms with E-state index in [0.717, 1.165) is 17.7 Å². The van der Waals surface area contributed by atoms with E-state index < -0.39 is 0 Å². The van der Waals surface area contributed by atoms with Crippen LogP contribution in [0.3, 0.4) is 0 Å². The van der Waals surface area contributed by atoms with Gasteiger partial charge in [-0.3, -0.25) is 4.79 Å². The van der Waals surface area contributed by atoms with E-state index in [1.54, 1.807) is 11.0 Å². The summed E-state index contributed by atoms with van der Waals surface area (Å²) in [6, 6.07) is 15.5. The maximum absolute atomic E-state index is 12.4. The van der Waals surface area contributed by atoms with Gasteiger partial charge in [-0.15, -0.1) is 5.10 Å². The lowest BCUT2D eigenvalue weighted by atomic mass is 9.96. The first-order valence-corrected chi connectivity index (χ1v) is 8.56. The van der Waals surface area contributed by atoms with Gasteiger partial charge >= 0.3 is 0 Å². The number of amides is 1. The zero-order chi connectivity index (χ0) is 17.8. The number of ether oxygens (including phenoxy) is 1. The zero-order valence-electron chi connectivity index (χ0n) is 14.2. The predicted octanol–water partition coefficient (Wildman–Crippen LogP) is 1.70. The molecule has 1 atom stereocenters. The maximum Gasteiger partial charge on any atom is 0.251 e. The van der Waals surface area contributed by atoms with Gasteiger partial charge in [0.05, 0.1) is 13.2 Å². The number of carbonyl (C=O) groups excluding carboxylic acids is 1. The van der Waals surface area contributed by atoms with E-state index in [4.69, 9.17) is 4.74 Å². The standard InChI is InChI=1S/C19H19N5O2/c25-19(16-7-5-14(6-8-16)11-24-13-21-22-23-24)20-10-15-9-17-3-1-2-4-18(17)26-12-15/h1-8,13,15H,9-12H2,(H,20,25)/t15-/m0/s1. The van der Waals surface area contributed by atoms with Crippen LogP contribution >= 0.6 is 0 Å². The Morgan fingerprint density at radius 1 is 1.19 bits per heavy atom. The van der Waals surface area contributed by atoms with Crippen LogP contribution < -0.4 is 10.1 Å². The highest BCUT2D eigenvalue weighted by molar-refractivity contribution is 5.94. The van der Waals surface area contributed by atoms with E-state index in [9.17, 15) is 4.79 Å². The fourth-order valence-electron chi connectivity index (χ4n) is 3.06. The minimum Gasteiger partial charge on any atom is -0.493 e. The van der Waals surface area contributed by atoms with Crippen molar-refractivity contribution < 1.29 is 9.53 Å². The molecule has 0 spiro atoms. The van der Waals surface area contributed by atoms with Gasteiger partial charge in [-0.1, -0.05) is 30.3 Å². The van der Waals surface area contributed by atoms with Crippen LogP contribution in [-0.2, 0) is 13.0 Å². The Morgan fingerprint density at radius 3 is 2.85 bits per heavy atom. The van der Waals surface area contributed by atoms with Crippen LogP contribution in [-0.4, -0.2) is 39.3 Å². The Kier molecular flexibility index (Phi) is 4.59. The number of aromatic nitrogens is 4. The summed E-state index contributed by atoms with van der Waals surface area (Å²) in [5.74, 6) is 1.17. The third-order valence-corrected chi connectivity index (χ3v) is 4.46. The molecular formula is C19H19N5O2. The van der Waals surface area contributed by atoms with Gasteiger partial charge in [0.2, 0.25) is 0 Å².